The third-order valence-electron chi connectivity index (χ3n) is 4.26. The molecule has 1 heterocycles. The molecule has 0 aliphatic rings. The monoisotopic (exact) mass is 319 g/mol. The van der Waals surface area contributed by atoms with Gasteiger partial charge < -0.3 is 10.1 Å². The highest BCUT2D eigenvalue weighted by Crippen LogP contribution is 2.35. The third kappa shape index (κ3) is 2.33. The number of carbonyl (C=O) groups is 1. The fraction of sp³-hybridized carbons (Fsp3) is 0.0500. The van der Waals surface area contributed by atoms with E-state index in [9.17, 15) is 14.3 Å². The van der Waals surface area contributed by atoms with Crippen LogP contribution in [0.15, 0.2) is 60.7 Å². The first-order chi connectivity index (χ1) is 11.6. The fourth-order valence-electron chi connectivity index (χ4n) is 3.23. The van der Waals surface area contributed by atoms with E-state index in [2.05, 4.69) is 4.98 Å². The molecule has 0 bridgehead atoms. The lowest BCUT2D eigenvalue weighted by Crippen LogP contribution is -2.01. The van der Waals surface area contributed by atoms with E-state index in [0.29, 0.717) is 10.9 Å². The van der Waals surface area contributed by atoms with Crippen molar-refractivity contribution in [1.82, 2.24) is 4.98 Å². The van der Waals surface area contributed by atoms with Gasteiger partial charge in [-0.3, -0.25) is 4.79 Å². The first kappa shape index (κ1) is 14.5. The van der Waals surface area contributed by atoms with Crippen molar-refractivity contribution >= 4 is 27.6 Å². The standard InChI is InChI=1S/C20H14FNO2/c21-13-8-9-18-16(10-13)17(11-19(23)24)20(22-18)15-7-3-5-12-4-1-2-6-14(12)15/h1-10,22H,11H2,(H,23,24). The number of halogens is 1. The molecule has 0 spiro atoms. The summed E-state index contributed by atoms with van der Waals surface area (Å²) in [5, 5.41) is 12.0. The quantitative estimate of drug-likeness (QED) is 0.572. The van der Waals surface area contributed by atoms with Crippen molar-refractivity contribution < 1.29 is 14.3 Å². The number of hydrogen-bond acceptors (Lipinski definition) is 1. The van der Waals surface area contributed by atoms with Crippen molar-refractivity contribution in [3.05, 3.63) is 72.0 Å². The summed E-state index contributed by atoms with van der Waals surface area (Å²) in [5.41, 5.74) is 2.99. The molecular weight excluding hydrogens is 305 g/mol. The number of hydrogen-bond donors (Lipinski definition) is 2. The van der Waals surface area contributed by atoms with E-state index in [1.807, 2.05) is 42.5 Å². The lowest BCUT2D eigenvalue weighted by molar-refractivity contribution is -0.136. The Balaban J connectivity index is 2.06. The molecule has 4 aromatic rings. The second-order valence-electron chi connectivity index (χ2n) is 5.77. The van der Waals surface area contributed by atoms with Gasteiger partial charge in [-0.2, -0.15) is 0 Å². The van der Waals surface area contributed by atoms with Crippen LogP contribution in [0.1, 0.15) is 5.56 Å². The van der Waals surface area contributed by atoms with Gasteiger partial charge in [0.05, 0.1) is 12.1 Å². The van der Waals surface area contributed by atoms with E-state index < -0.39 is 5.97 Å². The minimum atomic E-state index is -0.943. The Labute approximate surface area is 137 Å². The molecule has 0 amide bonds. The molecule has 24 heavy (non-hydrogen) atoms. The SMILES string of the molecule is O=C(O)Cc1c(-c2cccc3ccccc23)[nH]c2ccc(F)cc12. The van der Waals surface area contributed by atoms with Gasteiger partial charge in [0.15, 0.2) is 0 Å². The van der Waals surface area contributed by atoms with Gasteiger partial charge in [0, 0.05) is 16.5 Å². The summed E-state index contributed by atoms with van der Waals surface area (Å²) in [4.78, 5) is 14.6. The predicted molar refractivity (Wildman–Crippen MR) is 92.5 cm³/mol. The van der Waals surface area contributed by atoms with Crippen LogP contribution in [0.3, 0.4) is 0 Å². The molecule has 0 fully saturated rings. The maximum atomic E-state index is 13.7. The average Bonchev–Trinajstić information content (AvgIpc) is 2.91. The number of carboxylic acids is 1. The second kappa shape index (κ2) is 5.49. The summed E-state index contributed by atoms with van der Waals surface area (Å²) in [5.74, 6) is -1.32. The van der Waals surface area contributed by atoms with Crippen LogP contribution in [0.4, 0.5) is 4.39 Å². The lowest BCUT2D eigenvalue weighted by atomic mass is 9.97. The Bertz CT molecular complexity index is 1080. The topological polar surface area (TPSA) is 53.1 Å². The number of H-pyrrole nitrogens is 1. The van der Waals surface area contributed by atoms with Crippen LogP contribution in [-0.4, -0.2) is 16.1 Å². The molecule has 0 aliphatic carbocycles. The Kier molecular flexibility index (Phi) is 3.31. The number of aliphatic carboxylic acids is 1. The van der Waals surface area contributed by atoms with Crippen LogP contribution < -0.4 is 0 Å². The van der Waals surface area contributed by atoms with Crippen LogP contribution in [0.5, 0.6) is 0 Å². The van der Waals surface area contributed by atoms with E-state index in [4.69, 9.17) is 0 Å². The zero-order chi connectivity index (χ0) is 16.7. The van der Waals surface area contributed by atoms with Crippen molar-refractivity contribution in [3.63, 3.8) is 0 Å². The summed E-state index contributed by atoms with van der Waals surface area (Å²) in [6.07, 6.45) is -0.165. The highest BCUT2D eigenvalue weighted by Gasteiger charge is 2.17. The number of rotatable bonds is 3. The van der Waals surface area contributed by atoms with Gasteiger partial charge in [0.1, 0.15) is 5.82 Å². The van der Waals surface area contributed by atoms with Gasteiger partial charge >= 0.3 is 5.97 Å². The van der Waals surface area contributed by atoms with E-state index in [0.717, 1.165) is 27.5 Å². The number of aromatic nitrogens is 1. The lowest BCUT2D eigenvalue weighted by Gasteiger charge is -2.07. The minimum absolute atomic E-state index is 0.165. The molecule has 2 N–H and O–H groups in total. The molecule has 3 nitrogen and oxygen atoms in total. The largest absolute Gasteiger partial charge is 0.481 e. The maximum absolute atomic E-state index is 13.7. The molecule has 4 heteroatoms. The van der Waals surface area contributed by atoms with Crippen molar-refractivity contribution in [1.29, 1.82) is 0 Å². The summed E-state index contributed by atoms with van der Waals surface area (Å²) in [7, 11) is 0. The molecule has 3 aromatic carbocycles. The molecule has 1 aromatic heterocycles. The zero-order valence-corrected chi connectivity index (χ0v) is 12.7. The van der Waals surface area contributed by atoms with Gasteiger partial charge in [-0.25, -0.2) is 4.39 Å². The van der Waals surface area contributed by atoms with Crippen LogP contribution >= 0.6 is 0 Å². The Morgan fingerprint density at radius 3 is 2.62 bits per heavy atom. The Morgan fingerprint density at radius 2 is 1.79 bits per heavy atom. The number of aromatic amines is 1. The van der Waals surface area contributed by atoms with E-state index >= 15 is 0 Å². The molecule has 0 atom stereocenters. The number of benzene rings is 3. The number of nitrogens with one attached hydrogen (secondary N) is 1. The van der Waals surface area contributed by atoms with E-state index in [1.165, 1.54) is 12.1 Å². The first-order valence-corrected chi connectivity index (χ1v) is 7.63. The smallest absolute Gasteiger partial charge is 0.307 e. The van der Waals surface area contributed by atoms with Crippen molar-refractivity contribution in [2.75, 3.05) is 0 Å². The predicted octanol–water partition coefficient (Wildman–Crippen LogP) is 4.75. The molecule has 0 unspecified atom stereocenters. The van der Waals surface area contributed by atoms with Gasteiger partial charge in [-0.15, -0.1) is 0 Å². The molecular formula is C20H14FNO2. The minimum Gasteiger partial charge on any atom is -0.481 e. The molecule has 118 valence electrons. The normalized spacial score (nSPS) is 11.2. The van der Waals surface area contributed by atoms with E-state index in [1.54, 1.807) is 6.07 Å². The van der Waals surface area contributed by atoms with Crippen molar-refractivity contribution in [2.45, 2.75) is 6.42 Å². The number of carboxylic acid groups (broad SMARTS) is 1. The van der Waals surface area contributed by atoms with Crippen molar-refractivity contribution in [2.24, 2.45) is 0 Å². The first-order valence-electron chi connectivity index (χ1n) is 7.63. The summed E-state index contributed by atoms with van der Waals surface area (Å²) >= 11 is 0. The molecule has 0 aliphatic heterocycles. The molecule has 4 rings (SSSR count). The van der Waals surface area contributed by atoms with Crippen LogP contribution in [0.25, 0.3) is 32.9 Å². The highest BCUT2D eigenvalue weighted by atomic mass is 19.1. The van der Waals surface area contributed by atoms with Crippen LogP contribution in [0.2, 0.25) is 0 Å². The third-order valence-corrected chi connectivity index (χ3v) is 4.26. The molecule has 0 saturated heterocycles. The molecule has 0 saturated carbocycles. The summed E-state index contributed by atoms with van der Waals surface area (Å²) in [6, 6.07) is 18.2. The molecule has 0 radical (unpaired) electrons. The van der Waals surface area contributed by atoms with Crippen LogP contribution in [-0.2, 0) is 11.2 Å². The second-order valence-corrected chi connectivity index (χ2v) is 5.77. The zero-order valence-electron chi connectivity index (χ0n) is 12.7. The fourth-order valence-corrected chi connectivity index (χ4v) is 3.23. The summed E-state index contributed by atoms with van der Waals surface area (Å²) < 4.78 is 13.7. The van der Waals surface area contributed by atoms with Gasteiger partial charge in [-0.05, 0) is 34.5 Å². The average molecular weight is 319 g/mol. The van der Waals surface area contributed by atoms with Gasteiger partial charge in [-0.1, -0.05) is 42.5 Å². The Morgan fingerprint density at radius 1 is 1.00 bits per heavy atom. The highest BCUT2D eigenvalue weighted by molar-refractivity contribution is 6.01. The maximum Gasteiger partial charge on any atom is 0.307 e. The van der Waals surface area contributed by atoms with Gasteiger partial charge in [0.2, 0.25) is 0 Å². The number of fused-ring (bicyclic) bond motifs is 2. The van der Waals surface area contributed by atoms with Crippen LogP contribution in [0, 0.1) is 5.82 Å². The van der Waals surface area contributed by atoms with Gasteiger partial charge in [0.25, 0.3) is 0 Å². The van der Waals surface area contributed by atoms with E-state index in [-0.39, 0.29) is 12.2 Å². The van der Waals surface area contributed by atoms with Crippen molar-refractivity contribution in [3.8, 4) is 11.3 Å². The Hall–Kier alpha value is -3.14. The summed E-state index contributed by atoms with van der Waals surface area (Å²) in [6.45, 7) is 0.